The summed E-state index contributed by atoms with van der Waals surface area (Å²) >= 11 is 0. The van der Waals surface area contributed by atoms with Crippen LogP contribution in [-0.4, -0.2) is 19.8 Å². The van der Waals surface area contributed by atoms with Crippen LogP contribution >= 0.6 is 0 Å². The molecule has 0 bridgehead atoms. The van der Waals surface area contributed by atoms with Crippen LogP contribution < -0.4 is 4.90 Å². The van der Waals surface area contributed by atoms with Crippen LogP contribution in [0.15, 0.2) is 42.5 Å². The van der Waals surface area contributed by atoms with Crippen molar-refractivity contribution < 1.29 is 4.74 Å². The Morgan fingerprint density at radius 3 is 2.38 bits per heavy atom. The predicted octanol–water partition coefficient (Wildman–Crippen LogP) is 4.79. The Kier molecular flexibility index (Phi) is 5.40. The van der Waals surface area contributed by atoms with Crippen molar-refractivity contribution in [3.05, 3.63) is 59.2 Å². The average Bonchev–Trinajstić information content (AvgIpc) is 2.45. The maximum Gasteiger partial charge on any atom is 0.0645 e. The molecule has 0 spiro atoms. The number of hydrogen-bond donors (Lipinski definition) is 0. The van der Waals surface area contributed by atoms with Crippen LogP contribution in [-0.2, 0) is 4.74 Å². The van der Waals surface area contributed by atoms with Gasteiger partial charge in [0.25, 0.3) is 0 Å². The molecule has 0 aliphatic heterocycles. The SMILES string of the molecule is CCOCCN(c1cccc(C)c1)c1ccc(C)cc1C. The van der Waals surface area contributed by atoms with Gasteiger partial charge >= 0.3 is 0 Å². The Bertz CT molecular complexity index is 592. The van der Waals surface area contributed by atoms with Gasteiger partial charge in [0, 0.05) is 24.5 Å². The second-order valence-electron chi connectivity index (χ2n) is 5.48. The van der Waals surface area contributed by atoms with Crippen LogP contribution in [0.4, 0.5) is 11.4 Å². The second kappa shape index (κ2) is 7.28. The van der Waals surface area contributed by atoms with Gasteiger partial charge in [0.1, 0.15) is 0 Å². The number of anilines is 2. The first-order valence-corrected chi connectivity index (χ1v) is 7.61. The third-order valence-corrected chi connectivity index (χ3v) is 3.62. The molecule has 2 aromatic carbocycles. The Balaban J connectivity index is 2.35. The number of rotatable bonds is 6. The van der Waals surface area contributed by atoms with Crippen LogP contribution in [0.3, 0.4) is 0 Å². The van der Waals surface area contributed by atoms with E-state index in [4.69, 9.17) is 4.74 Å². The molecule has 0 amide bonds. The van der Waals surface area contributed by atoms with Gasteiger partial charge in [0.2, 0.25) is 0 Å². The highest BCUT2D eigenvalue weighted by Gasteiger charge is 2.12. The minimum Gasteiger partial charge on any atom is -0.380 e. The zero-order valence-corrected chi connectivity index (χ0v) is 13.5. The molecule has 0 aromatic heterocycles. The molecule has 0 N–H and O–H groups in total. The fourth-order valence-electron chi connectivity index (χ4n) is 2.59. The van der Waals surface area contributed by atoms with E-state index in [9.17, 15) is 0 Å². The van der Waals surface area contributed by atoms with Crippen LogP contribution in [0, 0.1) is 20.8 Å². The highest BCUT2D eigenvalue weighted by atomic mass is 16.5. The fourth-order valence-corrected chi connectivity index (χ4v) is 2.59. The molecule has 0 radical (unpaired) electrons. The van der Waals surface area contributed by atoms with E-state index in [0.29, 0.717) is 0 Å². The summed E-state index contributed by atoms with van der Waals surface area (Å²) in [5.41, 5.74) is 6.35. The normalized spacial score (nSPS) is 10.7. The molecule has 0 aliphatic carbocycles. The Labute approximate surface area is 128 Å². The third-order valence-electron chi connectivity index (χ3n) is 3.62. The molecule has 2 aromatic rings. The first-order valence-electron chi connectivity index (χ1n) is 7.61. The molecule has 0 aliphatic rings. The lowest BCUT2D eigenvalue weighted by atomic mass is 10.1. The lowest BCUT2D eigenvalue weighted by Crippen LogP contribution is -2.23. The largest absolute Gasteiger partial charge is 0.380 e. The number of hydrogen-bond acceptors (Lipinski definition) is 2. The Morgan fingerprint density at radius 1 is 0.952 bits per heavy atom. The third kappa shape index (κ3) is 4.08. The van der Waals surface area contributed by atoms with Crippen molar-refractivity contribution >= 4 is 11.4 Å². The molecular weight excluding hydrogens is 258 g/mol. The standard InChI is InChI=1S/C19H25NO/c1-5-21-12-11-20(18-8-6-7-15(2)14-18)19-10-9-16(3)13-17(19)4/h6-10,13-14H,5,11-12H2,1-4H3. The molecule has 0 saturated carbocycles. The van der Waals surface area contributed by atoms with Gasteiger partial charge in [-0.3, -0.25) is 0 Å². The number of aryl methyl sites for hydroxylation is 3. The molecule has 21 heavy (non-hydrogen) atoms. The van der Waals surface area contributed by atoms with Crippen LogP contribution in [0.5, 0.6) is 0 Å². The minimum absolute atomic E-state index is 0.734. The van der Waals surface area contributed by atoms with Crippen LogP contribution in [0.2, 0.25) is 0 Å². The summed E-state index contributed by atoms with van der Waals surface area (Å²) in [4.78, 5) is 2.34. The molecule has 2 nitrogen and oxygen atoms in total. The van der Waals surface area contributed by atoms with Crippen molar-refractivity contribution in [2.45, 2.75) is 27.7 Å². The first kappa shape index (κ1) is 15.6. The zero-order chi connectivity index (χ0) is 15.2. The van der Waals surface area contributed by atoms with Gasteiger partial charge in [-0.1, -0.05) is 29.8 Å². The molecule has 2 heteroatoms. The fraction of sp³-hybridized carbons (Fsp3) is 0.368. The highest BCUT2D eigenvalue weighted by Crippen LogP contribution is 2.29. The molecule has 0 saturated heterocycles. The summed E-state index contributed by atoms with van der Waals surface area (Å²) in [5.74, 6) is 0. The lowest BCUT2D eigenvalue weighted by Gasteiger charge is -2.27. The van der Waals surface area contributed by atoms with Gasteiger partial charge < -0.3 is 9.64 Å². The van der Waals surface area contributed by atoms with Gasteiger partial charge in [-0.25, -0.2) is 0 Å². The maximum absolute atomic E-state index is 5.56. The van der Waals surface area contributed by atoms with Crippen molar-refractivity contribution in [3.8, 4) is 0 Å². The summed E-state index contributed by atoms with van der Waals surface area (Å²) in [7, 11) is 0. The highest BCUT2D eigenvalue weighted by molar-refractivity contribution is 5.67. The van der Waals surface area contributed by atoms with Crippen molar-refractivity contribution in [1.82, 2.24) is 0 Å². The monoisotopic (exact) mass is 283 g/mol. The smallest absolute Gasteiger partial charge is 0.0645 e. The predicted molar refractivity (Wildman–Crippen MR) is 90.6 cm³/mol. The van der Waals surface area contributed by atoms with Gasteiger partial charge in [-0.05, 0) is 57.0 Å². The summed E-state index contributed by atoms with van der Waals surface area (Å²) < 4.78 is 5.56. The summed E-state index contributed by atoms with van der Waals surface area (Å²) in [6, 6.07) is 15.3. The number of ether oxygens (including phenoxy) is 1. The topological polar surface area (TPSA) is 12.5 Å². The molecule has 0 fully saturated rings. The van der Waals surface area contributed by atoms with Gasteiger partial charge in [-0.15, -0.1) is 0 Å². The van der Waals surface area contributed by atoms with E-state index in [1.54, 1.807) is 0 Å². The van der Waals surface area contributed by atoms with E-state index in [2.05, 4.69) is 68.1 Å². The van der Waals surface area contributed by atoms with Gasteiger partial charge in [0.15, 0.2) is 0 Å². The minimum atomic E-state index is 0.734. The summed E-state index contributed by atoms with van der Waals surface area (Å²) in [6.45, 7) is 10.8. The van der Waals surface area contributed by atoms with E-state index in [1.165, 1.54) is 28.1 Å². The molecule has 112 valence electrons. The molecule has 0 atom stereocenters. The lowest BCUT2D eigenvalue weighted by molar-refractivity contribution is 0.155. The van der Waals surface area contributed by atoms with Crippen molar-refractivity contribution in [3.63, 3.8) is 0 Å². The van der Waals surface area contributed by atoms with E-state index in [0.717, 1.165) is 19.8 Å². The molecule has 0 heterocycles. The summed E-state index contributed by atoms with van der Waals surface area (Å²) in [6.07, 6.45) is 0. The number of benzene rings is 2. The van der Waals surface area contributed by atoms with E-state index in [-0.39, 0.29) is 0 Å². The van der Waals surface area contributed by atoms with Gasteiger partial charge in [-0.2, -0.15) is 0 Å². The number of nitrogens with zero attached hydrogens (tertiary/aromatic N) is 1. The molecule has 0 unspecified atom stereocenters. The van der Waals surface area contributed by atoms with Crippen LogP contribution in [0.1, 0.15) is 23.6 Å². The van der Waals surface area contributed by atoms with Gasteiger partial charge in [0.05, 0.1) is 6.61 Å². The van der Waals surface area contributed by atoms with E-state index in [1.807, 2.05) is 6.92 Å². The van der Waals surface area contributed by atoms with Crippen molar-refractivity contribution in [2.24, 2.45) is 0 Å². The van der Waals surface area contributed by atoms with Crippen molar-refractivity contribution in [1.29, 1.82) is 0 Å². The maximum atomic E-state index is 5.56. The average molecular weight is 283 g/mol. The molecule has 2 rings (SSSR count). The van der Waals surface area contributed by atoms with E-state index < -0.39 is 0 Å². The first-order chi connectivity index (χ1) is 10.1. The molecular formula is C19H25NO. The van der Waals surface area contributed by atoms with Crippen LogP contribution in [0.25, 0.3) is 0 Å². The Morgan fingerprint density at radius 2 is 1.71 bits per heavy atom. The Hall–Kier alpha value is -1.80. The quantitative estimate of drug-likeness (QED) is 0.707. The van der Waals surface area contributed by atoms with E-state index >= 15 is 0 Å². The van der Waals surface area contributed by atoms with Crippen molar-refractivity contribution in [2.75, 3.05) is 24.7 Å². The summed E-state index contributed by atoms with van der Waals surface area (Å²) in [5, 5.41) is 0. The zero-order valence-electron chi connectivity index (χ0n) is 13.5. The second-order valence-corrected chi connectivity index (χ2v) is 5.48.